The molecule has 30 heavy (non-hydrogen) atoms. The number of ether oxygens (including phenoxy) is 2. The van der Waals surface area contributed by atoms with Gasteiger partial charge < -0.3 is 18.9 Å². The molecule has 2 aromatic carbocycles. The van der Waals surface area contributed by atoms with Crippen molar-refractivity contribution in [1.82, 2.24) is 14.5 Å². The molecule has 0 spiro atoms. The first-order valence-electron chi connectivity index (χ1n) is 9.27. The molecule has 0 aliphatic heterocycles. The van der Waals surface area contributed by atoms with Gasteiger partial charge in [-0.1, -0.05) is 29.4 Å². The van der Waals surface area contributed by atoms with Crippen LogP contribution in [-0.2, 0) is 22.6 Å². The van der Waals surface area contributed by atoms with Crippen LogP contribution in [0.5, 0.6) is 5.75 Å². The third kappa shape index (κ3) is 5.24. The lowest BCUT2D eigenvalue weighted by molar-refractivity contribution is -0.127. The van der Waals surface area contributed by atoms with E-state index in [0.29, 0.717) is 30.3 Å². The summed E-state index contributed by atoms with van der Waals surface area (Å²) in [5, 5.41) is 1.33. The number of halogens is 2. The normalized spacial score (nSPS) is 11.1. The van der Waals surface area contributed by atoms with E-state index in [1.807, 2.05) is 16.7 Å². The lowest BCUT2D eigenvalue weighted by atomic mass is 10.2. The van der Waals surface area contributed by atoms with Gasteiger partial charge in [0.15, 0.2) is 16.7 Å². The number of hydrogen-bond donors (Lipinski definition) is 0. The number of hydrogen-bond acceptors (Lipinski definition) is 5. The van der Waals surface area contributed by atoms with Crippen LogP contribution < -0.4 is 4.74 Å². The van der Waals surface area contributed by atoms with E-state index >= 15 is 0 Å². The minimum atomic E-state index is -0.448. The molecule has 6 nitrogen and oxygen atoms in total. The Kier molecular flexibility index (Phi) is 7.58. The number of amides is 1. The summed E-state index contributed by atoms with van der Waals surface area (Å²) in [5.41, 5.74) is 2.40. The molecule has 3 rings (SSSR count). The molecule has 0 fully saturated rings. The quantitative estimate of drug-likeness (QED) is 0.455. The van der Waals surface area contributed by atoms with Crippen molar-refractivity contribution in [3.63, 3.8) is 0 Å². The van der Waals surface area contributed by atoms with Crippen molar-refractivity contribution in [2.24, 2.45) is 0 Å². The molecule has 0 N–H and O–H groups in total. The summed E-state index contributed by atoms with van der Waals surface area (Å²) in [6.07, 6.45) is 0. The van der Waals surface area contributed by atoms with Crippen LogP contribution in [0.1, 0.15) is 5.56 Å². The summed E-state index contributed by atoms with van der Waals surface area (Å²) in [4.78, 5) is 18.8. The van der Waals surface area contributed by atoms with Crippen LogP contribution >= 0.6 is 23.4 Å². The van der Waals surface area contributed by atoms with E-state index < -0.39 is 5.82 Å². The Balaban J connectivity index is 1.68. The smallest absolute Gasteiger partial charge is 0.233 e. The van der Waals surface area contributed by atoms with Gasteiger partial charge in [0, 0.05) is 32.3 Å². The summed E-state index contributed by atoms with van der Waals surface area (Å²) in [7, 11) is 4.75. The highest BCUT2D eigenvalue weighted by atomic mass is 35.5. The van der Waals surface area contributed by atoms with Crippen molar-refractivity contribution >= 4 is 40.3 Å². The molecule has 1 heterocycles. The molecule has 0 bridgehead atoms. The van der Waals surface area contributed by atoms with Crippen molar-refractivity contribution in [3.8, 4) is 5.75 Å². The Morgan fingerprint density at radius 3 is 2.77 bits per heavy atom. The number of carbonyl (C=O) groups is 1. The van der Waals surface area contributed by atoms with Crippen LogP contribution in [0, 0.1) is 5.82 Å². The van der Waals surface area contributed by atoms with Gasteiger partial charge in [-0.2, -0.15) is 0 Å². The Bertz CT molecular complexity index is 1040. The van der Waals surface area contributed by atoms with Crippen molar-refractivity contribution in [2.45, 2.75) is 18.2 Å². The van der Waals surface area contributed by atoms with Gasteiger partial charge in [-0.05, 0) is 35.9 Å². The van der Waals surface area contributed by atoms with Crippen LogP contribution in [-0.4, -0.2) is 54.0 Å². The summed E-state index contributed by atoms with van der Waals surface area (Å²) in [6, 6.07) is 10.2. The van der Waals surface area contributed by atoms with Crippen molar-refractivity contribution in [3.05, 3.63) is 52.8 Å². The van der Waals surface area contributed by atoms with E-state index in [1.165, 1.54) is 24.9 Å². The molecule has 0 radical (unpaired) electrons. The molecule has 1 aromatic heterocycles. The molecule has 0 atom stereocenters. The molecular weight excluding hydrogens is 429 g/mol. The summed E-state index contributed by atoms with van der Waals surface area (Å²) in [5.74, 6) is -0.146. The van der Waals surface area contributed by atoms with Crippen LogP contribution in [0.3, 0.4) is 0 Å². The van der Waals surface area contributed by atoms with Crippen LogP contribution in [0.4, 0.5) is 4.39 Å². The SMILES string of the molecule is COCCn1c(SCC(=O)N(C)Cc2ccc(OC)c(F)c2)nc2cc(Cl)ccc21. The third-order valence-corrected chi connectivity index (χ3v) is 5.78. The highest BCUT2D eigenvalue weighted by Gasteiger charge is 2.16. The number of rotatable bonds is 9. The molecule has 9 heteroatoms. The molecular formula is C21H23ClFN3O3S. The Labute approximate surface area is 183 Å². The van der Waals surface area contributed by atoms with E-state index in [-0.39, 0.29) is 17.4 Å². The van der Waals surface area contributed by atoms with Gasteiger partial charge in [-0.25, -0.2) is 9.37 Å². The predicted molar refractivity (Wildman–Crippen MR) is 117 cm³/mol. The van der Waals surface area contributed by atoms with Gasteiger partial charge in [-0.3, -0.25) is 4.79 Å². The number of benzene rings is 2. The van der Waals surface area contributed by atoms with Gasteiger partial charge in [0.2, 0.25) is 5.91 Å². The van der Waals surface area contributed by atoms with Gasteiger partial charge in [0.25, 0.3) is 0 Å². The molecule has 0 saturated heterocycles. The standard InChI is InChI=1S/C21H23ClFN3O3S/c1-25(12-14-4-7-19(29-3)16(23)10-14)20(27)13-30-21-24-17-11-15(22)5-6-18(17)26(21)8-9-28-2/h4-7,10-11H,8-9,12-13H2,1-3H3. The Hall–Kier alpha value is -2.29. The fourth-order valence-electron chi connectivity index (χ4n) is 3.00. The molecule has 3 aromatic rings. The van der Waals surface area contributed by atoms with E-state index in [9.17, 15) is 9.18 Å². The average molecular weight is 452 g/mol. The summed E-state index contributed by atoms with van der Waals surface area (Å²) in [6.45, 7) is 1.45. The molecule has 0 aliphatic carbocycles. The molecule has 1 amide bonds. The van der Waals surface area contributed by atoms with Gasteiger partial charge in [-0.15, -0.1) is 0 Å². The van der Waals surface area contributed by atoms with Crippen molar-refractivity contribution in [2.75, 3.05) is 33.6 Å². The minimum absolute atomic E-state index is 0.0837. The monoisotopic (exact) mass is 451 g/mol. The zero-order valence-corrected chi connectivity index (χ0v) is 18.6. The minimum Gasteiger partial charge on any atom is -0.494 e. The Morgan fingerprint density at radius 1 is 1.27 bits per heavy atom. The van der Waals surface area contributed by atoms with Crippen LogP contribution in [0.15, 0.2) is 41.6 Å². The fraction of sp³-hybridized carbons (Fsp3) is 0.333. The Morgan fingerprint density at radius 2 is 2.07 bits per heavy atom. The molecule has 0 aliphatic rings. The summed E-state index contributed by atoms with van der Waals surface area (Å²) >= 11 is 7.44. The number of fused-ring (bicyclic) bond motifs is 1. The van der Waals surface area contributed by atoms with Gasteiger partial charge in [0.1, 0.15) is 0 Å². The molecule has 0 unspecified atom stereocenters. The lowest BCUT2D eigenvalue weighted by Crippen LogP contribution is -2.28. The number of imidazole rings is 1. The third-order valence-electron chi connectivity index (χ3n) is 4.58. The maximum absolute atomic E-state index is 13.9. The van der Waals surface area contributed by atoms with E-state index in [0.717, 1.165) is 16.2 Å². The lowest BCUT2D eigenvalue weighted by Gasteiger charge is -2.17. The first-order chi connectivity index (χ1) is 14.4. The van der Waals surface area contributed by atoms with Gasteiger partial charge in [0.05, 0.1) is 30.5 Å². The second-order valence-electron chi connectivity index (χ2n) is 6.68. The number of thioether (sulfide) groups is 1. The highest BCUT2D eigenvalue weighted by Crippen LogP contribution is 2.27. The van der Waals surface area contributed by atoms with E-state index in [1.54, 1.807) is 37.3 Å². The maximum atomic E-state index is 13.9. The van der Waals surface area contributed by atoms with E-state index in [2.05, 4.69) is 4.98 Å². The fourth-order valence-corrected chi connectivity index (χ4v) is 4.14. The second kappa shape index (κ2) is 10.1. The highest BCUT2D eigenvalue weighted by molar-refractivity contribution is 7.99. The predicted octanol–water partition coefficient (Wildman–Crippen LogP) is 4.23. The van der Waals surface area contributed by atoms with Crippen LogP contribution in [0.25, 0.3) is 11.0 Å². The number of carbonyl (C=O) groups excluding carboxylic acids is 1. The topological polar surface area (TPSA) is 56.6 Å². The van der Waals surface area contributed by atoms with Crippen LogP contribution in [0.2, 0.25) is 5.02 Å². The number of methoxy groups -OCH3 is 2. The molecule has 0 saturated carbocycles. The number of aromatic nitrogens is 2. The second-order valence-corrected chi connectivity index (χ2v) is 8.06. The average Bonchev–Trinajstić information content (AvgIpc) is 3.06. The maximum Gasteiger partial charge on any atom is 0.233 e. The zero-order valence-electron chi connectivity index (χ0n) is 17.0. The first-order valence-corrected chi connectivity index (χ1v) is 10.6. The molecule has 160 valence electrons. The summed E-state index contributed by atoms with van der Waals surface area (Å²) < 4.78 is 26.0. The van der Waals surface area contributed by atoms with Crippen molar-refractivity contribution in [1.29, 1.82) is 0 Å². The largest absolute Gasteiger partial charge is 0.494 e. The number of nitrogens with zero attached hydrogens (tertiary/aromatic N) is 3. The van der Waals surface area contributed by atoms with Crippen molar-refractivity contribution < 1.29 is 18.7 Å². The van der Waals surface area contributed by atoms with E-state index in [4.69, 9.17) is 21.1 Å². The van der Waals surface area contributed by atoms with Gasteiger partial charge >= 0.3 is 0 Å². The first kappa shape index (κ1) is 22.4. The zero-order chi connectivity index (χ0) is 21.7.